The summed E-state index contributed by atoms with van der Waals surface area (Å²) in [6.45, 7) is 0. The minimum Gasteiger partial charge on any atom is -0.474 e. The molecule has 0 bridgehead atoms. The van der Waals surface area contributed by atoms with Gasteiger partial charge in [-0.3, -0.25) is 4.79 Å². The van der Waals surface area contributed by atoms with E-state index in [9.17, 15) is 9.90 Å². The third-order valence-corrected chi connectivity index (χ3v) is 6.70. The van der Waals surface area contributed by atoms with E-state index in [1.807, 2.05) is 0 Å². The Kier molecular flexibility index (Phi) is 4.81. The molecule has 2 heterocycles. The summed E-state index contributed by atoms with van der Waals surface area (Å²) in [6, 6.07) is 0.269. The van der Waals surface area contributed by atoms with Gasteiger partial charge in [0.15, 0.2) is 0 Å². The van der Waals surface area contributed by atoms with Crippen molar-refractivity contribution in [3.05, 3.63) is 16.8 Å². The molecule has 26 heavy (non-hydrogen) atoms. The van der Waals surface area contributed by atoms with Gasteiger partial charge < -0.3 is 21.3 Å². The molecule has 2 aromatic heterocycles. The first kappa shape index (κ1) is 17.6. The van der Waals surface area contributed by atoms with Crippen molar-refractivity contribution in [2.24, 2.45) is 11.5 Å². The minimum atomic E-state index is -1.13. The topological polar surface area (TPSA) is 124 Å². The van der Waals surface area contributed by atoms with Crippen LogP contribution in [0.5, 0.6) is 5.88 Å². The molecule has 2 atom stereocenters. The Bertz CT molecular complexity index is 816. The molecule has 4 rings (SSSR count). The van der Waals surface area contributed by atoms with Crippen LogP contribution < -0.4 is 16.2 Å². The first-order valence-corrected chi connectivity index (χ1v) is 10.0. The lowest BCUT2D eigenvalue weighted by molar-refractivity contribution is -0.126. The highest BCUT2D eigenvalue weighted by Gasteiger charge is 2.33. The maximum absolute atomic E-state index is 11.3. The summed E-state index contributed by atoms with van der Waals surface area (Å²) >= 11 is 1.65. The summed E-state index contributed by atoms with van der Waals surface area (Å²) in [5.74, 6) is 0.0204. The van der Waals surface area contributed by atoms with E-state index in [4.69, 9.17) is 16.2 Å². The zero-order valence-electron chi connectivity index (χ0n) is 14.6. The molecule has 7 nitrogen and oxygen atoms in total. The molecule has 1 fully saturated rings. The summed E-state index contributed by atoms with van der Waals surface area (Å²) in [7, 11) is 0. The summed E-state index contributed by atoms with van der Waals surface area (Å²) in [4.78, 5) is 22.2. The van der Waals surface area contributed by atoms with Crippen molar-refractivity contribution in [1.29, 1.82) is 0 Å². The van der Waals surface area contributed by atoms with Crippen molar-refractivity contribution >= 4 is 27.5 Å². The van der Waals surface area contributed by atoms with E-state index in [0.717, 1.165) is 54.3 Å². The highest BCUT2D eigenvalue weighted by molar-refractivity contribution is 7.19. The van der Waals surface area contributed by atoms with E-state index >= 15 is 0 Å². The Hall–Kier alpha value is -1.77. The van der Waals surface area contributed by atoms with Gasteiger partial charge in [0.25, 0.3) is 0 Å². The molecular weight excluding hydrogens is 352 g/mol. The molecule has 0 spiro atoms. The second-order valence-corrected chi connectivity index (χ2v) is 8.43. The van der Waals surface area contributed by atoms with Crippen LogP contribution in [0.1, 0.15) is 54.9 Å². The van der Waals surface area contributed by atoms with E-state index in [2.05, 4.69) is 9.97 Å². The number of carbonyl (C=O) groups is 1. The van der Waals surface area contributed by atoms with Crippen LogP contribution >= 0.6 is 11.3 Å². The van der Waals surface area contributed by atoms with Gasteiger partial charge in [0.05, 0.1) is 5.39 Å². The first-order chi connectivity index (χ1) is 12.5. The summed E-state index contributed by atoms with van der Waals surface area (Å²) in [6.07, 6.45) is 6.49. The van der Waals surface area contributed by atoms with Crippen LogP contribution in [0.2, 0.25) is 0 Å². The van der Waals surface area contributed by atoms with E-state index in [1.165, 1.54) is 4.88 Å². The average Bonchev–Trinajstić information content (AvgIpc) is 3.17. The number of carbonyl (C=O) groups excluding carboxylic acids is 1. The number of ether oxygens (including phenoxy) is 1. The van der Waals surface area contributed by atoms with Crippen LogP contribution in [0.15, 0.2) is 6.33 Å². The van der Waals surface area contributed by atoms with E-state index < -0.39 is 12.0 Å². The number of nitrogens with two attached hydrogens (primary N) is 2. The van der Waals surface area contributed by atoms with Crippen LogP contribution in [-0.4, -0.2) is 39.2 Å². The molecule has 2 aromatic rings. The van der Waals surface area contributed by atoms with Gasteiger partial charge in [-0.25, -0.2) is 9.97 Å². The number of hydrogen-bond donors (Lipinski definition) is 3. The van der Waals surface area contributed by atoms with Crippen molar-refractivity contribution in [1.82, 2.24) is 9.97 Å². The zero-order chi connectivity index (χ0) is 18.3. The summed E-state index contributed by atoms with van der Waals surface area (Å²) < 4.78 is 6.25. The number of thiophene rings is 1. The molecule has 0 radical (unpaired) electrons. The molecule has 0 unspecified atom stereocenters. The van der Waals surface area contributed by atoms with E-state index in [1.54, 1.807) is 17.7 Å². The molecule has 2 aliphatic rings. The summed E-state index contributed by atoms with van der Waals surface area (Å²) in [5, 5.41) is 10.9. The molecule has 0 aromatic carbocycles. The van der Waals surface area contributed by atoms with Gasteiger partial charge in [0.1, 0.15) is 23.4 Å². The van der Waals surface area contributed by atoms with Gasteiger partial charge in [-0.15, -0.1) is 11.3 Å². The Labute approximate surface area is 155 Å². The Morgan fingerprint density at radius 3 is 2.81 bits per heavy atom. The number of aliphatic hydroxyl groups is 1. The van der Waals surface area contributed by atoms with Gasteiger partial charge in [-0.05, 0) is 56.4 Å². The second kappa shape index (κ2) is 7.09. The van der Waals surface area contributed by atoms with Crippen molar-refractivity contribution in [2.45, 2.75) is 69.1 Å². The van der Waals surface area contributed by atoms with Gasteiger partial charge in [0, 0.05) is 10.9 Å². The number of aliphatic hydroxyl groups excluding tert-OH is 1. The summed E-state index contributed by atoms with van der Waals surface area (Å²) in [5.41, 5.74) is 12.4. The molecule has 2 aliphatic carbocycles. The highest BCUT2D eigenvalue weighted by atomic mass is 32.1. The molecule has 1 saturated carbocycles. The molecule has 1 amide bonds. The fraction of sp³-hybridized carbons (Fsp3) is 0.611. The monoisotopic (exact) mass is 376 g/mol. The van der Waals surface area contributed by atoms with Gasteiger partial charge in [0.2, 0.25) is 11.8 Å². The van der Waals surface area contributed by atoms with E-state index in [-0.39, 0.29) is 18.1 Å². The smallest absolute Gasteiger partial charge is 0.246 e. The van der Waals surface area contributed by atoms with Gasteiger partial charge in [-0.1, -0.05) is 0 Å². The lowest BCUT2D eigenvalue weighted by Gasteiger charge is -2.26. The molecule has 0 saturated heterocycles. The van der Waals surface area contributed by atoms with Crippen LogP contribution in [0, 0.1) is 0 Å². The zero-order valence-corrected chi connectivity index (χ0v) is 15.4. The number of aromatic nitrogens is 2. The average molecular weight is 376 g/mol. The van der Waals surface area contributed by atoms with Crippen molar-refractivity contribution in [2.75, 3.05) is 0 Å². The Balaban J connectivity index is 1.64. The number of nitrogens with zero attached hydrogens (tertiary/aromatic N) is 2. The second-order valence-electron chi connectivity index (χ2n) is 7.34. The van der Waals surface area contributed by atoms with Crippen LogP contribution in [0.25, 0.3) is 10.2 Å². The maximum Gasteiger partial charge on any atom is 0.246 e. The minimum absolute atomic E-state index is 0.0781. The maximum atomic E-state index is 11.3. The van der Waals surface area contributed by atoms with Crippen LogP contribution in [0.4, 0.5) is 0 Å². The highest BCUT2D eigenvalue weighted by Crippen LogP contribution is 2.47. The lowest BCUT2D eigenvalue weighted by Crippen LogP contribution is -2.32. The van der Waals surface area contributed by atoms with Crippen molar-refractivity contribution in [3.8, 4) is 5.88 Å². The molecule has 5 N–H and O–H groups in total. The van der Waals surface area contributed by atoms with Crippen molar-refractivity contribution in [3.63, 3.8) is 0 Å². The first-order valence-electron chi connectivity index (χ1n) is 9.18. The van der Waals surface area contributed by atoms with Gasteiger partial charge >= 0.3 is 0 Å². The van der Waals surface area contributed by atoms with Crippen molar-refractivity contribution < 1.29 is 14.6 Å². The number of rotatable bonds is 5. The SMILES string of the molecule is NC(=O)[C@H](O)C[C@H]1CCc2sc3ncnc(O[C@H]4CC[C@H](N)CC4)c3c21. The fourth-order valence-corrected chi connectivity index (χ4v) is 5.35. The molecule has 140 valence electrons. The largest absolute Gasteiger partial charge is 0.474 e. The number of aryl methyl sites for hydroxylation is 1. The lowest BCUT2D eigenvalue weighted by atomic mass is 9.93. The normalized spacial score (nSPS) is 26.6. The number of amides is 1. The fourth-order valence-electron chi connectivity index (χ4n) is 4.12. The van der Waals surface area contributed by atoms with Crippen LogP contribution in [-0.2, 0) is 11.2 Å². The quantitative estimate of drug-likeness (QED) is 0.728. The molecule has 0 aliphatic heterocycles. The molecular formula is C18H24N4O3S. The number of fused-ring (bicyclic) bond motifs is 3. The van der Waals surface area contributed by atoms with Gasteiger partial charge in [-0.2, -0.15) is 0 Å². The standard InChI is InChI=1S/C18H24N4O3S/c19-10-2-4-11(5-3-10)25-17-15-14-9(7-12(23)16(20)24)1-6-13(14)26-18(15)22-8-21-17/h8-12,23H,1-7,19H2,(H2,20,24)/t9-,10-,11-,12-/m1/s1. The third kappa shape index (κ3) is 3.28. The predicted molar refractivity (Wildman–Crippen MR) is 99.2 cm³/mol. The number of primary amides is 1. The Morgan fingerprint density at radius 2 is 2.08 bits per heavy atom. The molecule has 8 heteroatoms. The Morgan fingerprint density at radius 1 is 1.31 bits per heavy atom. The number of hydrogen-bond acceptors (Lipinski definition) is 7. The van der Waals surface area contributed by atoms with Crippen LogP contribution in [0.3, 0.4) is 0 Å². The third-order valence-electron chi connectivity index (χ3n) is 5.53. The predicted octanol–water partition coefficient (Wildman–Crippen LogP) is 1.61. The van der Waals surface area contributed by atoms with E-state index in [0.29, 0.717) is 12.3 Å².